The standard InChI is InChI=1S/C12H7BrClFO3/c13-7-4-8(14)12(5-9(7)15)18-6-10(16)11-2-1-3-17-11/h1-5H,6H2. The Balaban J connectivity index is 2.07. The summed E-state index contributed by atoms with van der Waals surface area (Å²) < 4.78 is 23.6. The lowest BCUT2D eigenvalue weighted by atomic mass is 10.3. The normalized spacial score (nSPS) is 10.4. The zero-order valence-electron chi connectivity index (χ0n) is 8.95. The van der Waals surface area contributed by atoms with Crippen molar-refractivity contribution in [2.75, 3.05) is 6.61 Å². The van der Waals surface area contributed by atoms with Gasteiger partial charge in [0.25, 0.3) is 0 Å². The lowest BCUT2D eigenvalue weighted by molar-refractivity contribution is 0.0893. The summed E-state index contributed by atoms with van der Waals surface area (Å²) in [5.41, 5.74) is 0. The van der Waals surface area contributed by atoms with Gasteiger partial charge in [0, 0.05) is 6.07 Å². The maximum Gasteiger partial charge on any atom is 0.235 e. The van der Waals surface area contributed by atoms with Gasteiger partial charge in [-0.3, -0.25) is 4.79 Å². The third kappa shape index (κ3) is 2.91. The van der Waals surface area contributed by atoms with Crippen LogP contribution in [-0.4, -0.2) is 12.4 Å². The van der Waals surface area contributed by atoms with Crippen molar-refractivity contribution in [3.8, 4) is 5.75 Å². The molecule has 0 saturated heterocycles. The lowest BCUT2D eigenvalue weighted by Gasteiger charge is -2.07. The van der Waals surface area contributed by atoms with Gasteiger partial charge in [-0.25, -0.2) is 4.39 Å². The fourth-order valence-corrected chi connectivity index (χ4v) is 1.96. The van der Waals surface area contributed by atoms with Gasteiger partial charge < -0.3 is 9.15 Å². The molecule has 94 valence electrons. The number of ether oxygens (including phenoxy) is 1. The van der Waals surface area contributed by atoms with Crippen LogP contribution < -0.4 is 4.74 Å². The summed E-state index contributed by atoms with van der Waals surface area (Å²) in [4.78, 5) is 11.6. The van der Waals surface area contributed by atoms with E-state index in [0.29, 0.717) is 0 Å². The summed E-state index contributed by atoms with van der Waals surface area (Å²) in [6.45, 7) is -0.270. The van der Waals surface area contributed by atoms with Crippen LogP contribution in [0.25, 0.3) is 0 Å². The highest BCUT2D eigenvalue weighted by atomic mass is 79.9. The Kier molecular flexibility index (Phi) is 4.04. The Morgan fingerprint density at radius 1 is 1.50 bits per heavy atom. The van der Waals surface area contributed by atoms with E-state index in [1.54, 1.807) is 6.07 Å². The lowest BCUT2D eigenvalue weighted by Crippen LogP contribution is -2.11. The molecule has 1 heterocycles. The minimum atomic E-state index is -0.514. The molecule has 0 fully saturated rings. The molecule has 0 aliphatic rings. The van der Waals surface area contributed by atoms with Crippen molar-refractivity contribution in [3.63, 3.8) is 0 Å². The van der Waals surface area contributed by atoms with Gasteiger partial charge in [0.05, 0.1) is 15.8 Å². The number of carbonyl (C=O) groups excluding carboxylic acids is 1. The van der Waals surface area contributed by atoms with Crippen LogP contribution in [0.5, 0.6) is 5.75 Å². The van der Waals surface area contributed by atoms with Crippen LogP contribution in [0.2, 0.25) is 5.02 Å². The first-order valence-electron chi connectivity index (χ1n) is 4.92. The van der Waals surface area contributed by atoms with Gasteiger partial charge in [-0.05, 0) is 34.1 Å². The third-order valence-electron chi connectivity index (χ3n) is 2.13. The highest BCUT2D eigenvalue weighted by Gasteiger charge is 2.12. The molecule has 0 aliphatic heterocycles. The number of halogens is 3. The molecular weight excluding hydrogens is 326 g/mol. The maximum atomic E-state index is 13.3. The molecule has 18 heavy (non-hydrogen) atoms. The second-order valence-electron chi connectivity index (χ2n) is 3.39. The minimum Gasteiger partial charge on any atom is -0.484 e. The van der Waals surface area contributed by atoms with E-state index in [9.17, 15) is 9.18 Å². The van der Waals surface area contributed by atoms with Gasteiger partial charge in [0.15, 0.2) is 12.4 Å². The average Bonchev–Trinajstić information content (AvgIpc) is 2.85. The van der Waals surface area contributed by atoms with Crippen LogP contribution in [0.4, 0.5) is 4.39 Å². The fraction of sp³-hybridized carbons (Fsp3) is 0.0833. The Bertz CT molecular complexity index is 569. The van der Waals surface area contributed by atoms with Crippen molar-refractivity contribution in [1.29, 1.82) is 0 Å². The summed E-state index contributed by atoms with van der Waals surface area (Å²) in [5.74, 6) is -0.569. The SMILES string of the molecule is O=C(COc1cc(F)c(Br)cc1Cl)c1ccco1. The van der Waals surface area contributed by atoms with Crippen LogP contribution in [0.1, 0.15) is 10.6 Å². The highest BCUT2D eigenvalue weighted by molar-refractivity contribution is 9.10. The van der Waals surface area contributed by atoms with Crippen molar-refractivity contribution >= 4 is 33.3 Å². The zero-order chi connectivity index (χ0) is 13.1. The zero-order valence-corrected chi connectivity index (χ0v) is 11.3. The number of rotatable bonds is 4. The van der Waals surface area contributed by atoms with Crippen LogP contribution in [0.15, 0.2) is 39.4 Å². The molecule has 0 unspecified atom stereocenters. The Labute approximate surface area is 116 Å². The minimum absolute atomic E-state index is 0.109. The van der Waals surface area contributed by atoms with E-state index >= 15 is 0 Å². The van der Waals surface area contributed by atoms with Gasteiger partial charge >= 0.3 is 0 Å². The largest absolute Gasteiger partial charge is 0.484 e. The molecule has 1 aromatic heterocycles. The van der Waals surface area contributed by atoms with Gasteiger partial charge in [0.1, 0.15) is 11.6 Å². The molecule has 2 rings (SSSR count). The third-order valence-corrected chi connectivity index (χ3v) is 3.03. The van der Waals surface area contributed by atoms with Crippen molar-refractivity contribution in [2.24, 2.45) is 0 Å². The predicted octanol–water partition coefficient (Wildman–Crippen LogP) is 4.10. The summed E-state index contributed by atoms with van der Waals surface area (Å²) in [6, 6.07) is 5.60. The summed E-state index contributed by atoms with van der Waals surface area (Å²) in [6.07, 6.45) is 1.39. The van der Waals surface area contributed by atoms with E-state index in [2.05, 4.69) is 15.9 Å². The van der Waals surface area contributed by atoms with Gasteiger partial charge in [-0.1, -0.05) is 11.6 Å². The molecule has 0 saturated carbocycles. The quantitative estimate of drug-likeness (QED) is 0.625. The van der Waals surface area contributed by atoms with E-state index in [1.165, 1.54) is 18.4 Å². The molecule has 6 heteroatoms. The first kappa shape index (κ1) is 13.1. The number of ketones is 1. The molecule has 1 aromatic carbocycles. The topological polar surface area (TPSA) is 39.4 Å². The predicted molar refractivity (Wildman–Crippen MR) is 67.6 cm³/mol. The van der Waals surface area contributed by atoms with E-state index in [0.717, 1.165) is 6.07 Å². The molecule has 0 amide bonds. The van der Waals surface area contributed by atoms with E-state index in [1.807, 2.05) is 0 Å². The summed E-state index contributed by atoms with van der Waals surface area (Å²) in [7, 11) is 0. The first-order valence-corrected chi connectivity index (χ1v) is 6.09. The Hall–Kier alpha value is -1.33. The molecule has 2 aromatic rings. The van der Waals surface area contributed by atoms with Crippen molar-refractivity contribution in [1.82, 2.24) is 0 Å². The molecule has 0 spiro atoms. The van der Waals surface area contributed by atoms with Crippen LogP contribution in [0, 0.1) is 5.82 Å². The molecule has 3 nitrogen and oxygen atoms in total. The first-order chi connectivity index (χ1) is 8.58. The van der Waals surface area contributed by atoms with E-state index in [4.69, 9.17) is 20.8 Å². The van der Waals surface area contributed by atoms with Crippen LogP contribution in [0.3, 0.4) is 0 Å². The molecule has 0 bridgehead atoms. The Morgan fingerprint density at radius 3 is 2.94 bits per heavy atom. The van der Waals surface area contributed by atoms with Gasteiger partial charge in [0.2, 0.25) is 5.78 Å². The number of hydrogen-bond acceptors (Lipinski definition) is 3. The van der Waals surface area contributed by atoms with Crippen LogP contribution in [-0.2, 0) is 0 Å². The highest BCUT2D eigenvalue weighted by Crippen LogP contribution is 2.30. The van der Waals surface area contributed by atoms with E-state index in [-0.39, 0.29) is 33.4 Å². The number of benzene rings is 1. The fourth-order valence-electron chi connectivity index (χ4n) is 1.27. The molecule has 0 aliphatic carbocycles. The summed E-state index contributed by atoms with van der Waals surface area (Å²) >= 11 is 8.85. The maximum absolute atomic E-state index is 13.3. The average molecular weight is 334 g/mol. The second-order valence-corrected chi connectivity index (χ2v) is 4.65. The molecule has 0 radical (unpaired) electrons. The Morgan fingerprint density at radius 2 is 2.28 bits per heavy atom. The number of furan rings is 1. The van der Waals surface area contributed by atoms with E-state index < -0.39 is 5.82 Å². The van der Waals surface area contributed by atoms with Gasteiger partial charge in [-0.2, -0.15) is 0 Å². The number of Topliss-reactive ketones (excluding diaryl/α,β-unsaturated/α-hetero) is 1. The molecule has 0 N–H and O–H groups in total. The second kappa shape index (κ2) is 5.54. The van der Waals surface area contributed by atoms with Crippen LogP contribution >= 0.6 is 27.5 Å². The summed E-state index contributed by atoms with van der Waals surface area (Å²) in [5, 5.41) is 0.218. The number of hydrogen-bond donors (Lipinski definition) is 0. The molecular formula is C12H7BrClFO3. The number of carbonyl (C=O) groups is 1. The smallest absolute Gasteiger partial charge is 0.235 e. The monoisotopic (exact) mass is 332 g/mol. The molecule has 0 atom stereocenters. The van der Waals surface area contributed by atoms with Crippen molar-refractivity contribution in [2.45, 2.75) is 0 Å². The van der Waals surface area contributed by atoms with Gasteiger partial charge in [-0.15, -0.1) is 0 Å². The van der Waals surface area contributed by atoms with Crippen molar-refractivity contribution in [3.05, 3.63) is 51.6 Å². The van der Waals surface area contributed by atoms with Crippen molar-refractivity contribution < 1.29 is 18.3 Å².